The number of hydrogen-bond donors (Lipinski definition) is 0. The van der Waals surface area contributed by atoms with Crippen molar-refractivity contribution in [2.24, 2.45) is 0 Å². The zero-order valence-corrected chi connectivity index (χ0v) is 31.0. The molecule has 1 aliphatic carbocycles. The number of aromatic nitrogens is 3. The highest BCUT2D eigenvalue weighted by atomic mass is 15.0. The average Bonchev–Trinajstić information content (AvgIpc) is 3.60. The molecule has 0 saturated carbocycles. The van der Waals surface area contributed by atoms with Gasteiger partial charge in [0.2, 0.25) is 0 Å². The van der Waals surface area contributed by atoms with Gasteiger partial charge in [0.1, 0.15) is 0 Å². The summed E-state index contributed by atoms with van der Waals surface area (Å²) in [5.74, 6) is 1.94. The van der Waals surface area contributed by atoms with Crippen molar-refractivity contribution in [1.29, 1.82) is 0 Å². The molecule has 9 aromatic carbocycles. The van der Waals surface area contributed by atoms with Crippen molar-refractivity contribution in [2.45, 2.75) is 5.41 Å². The van der Waals surface area contributed by atoms with Crippen LogP contribution in [-0.4, -0.2) is 15.0 Å². The first kappa shape index (κ1) is 32.9. The summed E-state index contributed by atoms with van der Waals surface area (Å²) in [7, 11) is 0. The van der Waals surface area contributed by atoms with Gasteiger partial charge in [-0.3, -0.25) is 0 Å². The standard InChI is InChI=1S/C54H35N3/c1-3-15-37(16-4-1)51-55-52(38-17-5-2-6-18-38)57-53(56-51)39-29-33-42(34-30-39)54(49-25-13-11-23-46(49)47-24-12-14-26-50(47)54)41-31-27-36(28-32-41)48-35-40-19-7-8-20-43(40)44-21-9-10-22-45(44)48/h1-35H. The van der Waals surface area contributed by atoms with Crippen molar-refractivity contribution < 1.29 is 0 Å². The summed E-state index contributed by atoms with van der Waals surface area (Å²) >= 11 is 0. The first-order chi connectivity index (χ1) is 28.3. The fourth-order valence-electron chi connectivity index (χ4n) is 9.02. The second-order valence-electron chi connectivity index (χ2n) is 14.7. The lowest BCUT2D eigenvalue weighted by Crippen LogP contribution is -2.28. The van der Waals surface area contributed by atoms with E-state index in [4.69, 9.17) is 15.0 Å². The number of fused-ring (bicyclic) bond motifs is 6. The third-order valence-corrected chi connectivity index (χ3v) is 11.6. The minimum Gasteiger partial charge on any atom is -0.208 e. The lowest BCUT2D eigenvalue weighted by atomic mass is 9.67. The van der Waals surface area contributed by atoms with E-state index in [1.165, 1.54) is 66.1 Å². The highest BCUT2D eigenvalue weighted by molar-refractivity contribution is 6.13. The second kappa shape index (κ2) is 13.4. The molecule has 1 aromatic heterocycles. The normalized spacial score (nSPS) is 12.7. The minimum absolute atomic E-state index is 0.542. The molecule has 0 aliphatic heterocycles. The van der Waals surface area contributed by atoms with E-state index in [2.05, 4.69) is 152 Å². The third kappa shape index (κ3) is 5.32. The summed E-state index contributed by atoms with van der Waals surface area (Å²) in [4.78, 5) is 15.0. The van der Waals surface area contributed by atoms with Crippen LogP contribution in [0, 0.1) is 0 Å². The van der Waals surface area contributed by atoms with Gasteiger partial charge in [-0.2, -0.15) is 0 Å². The Morgan fingerprint density at radius 3 is 1.23 bits per heavy atom. The van der Waals surface area contributed by atoms with E-state index < -0.39 is 5.41 Å². The highest BCUT2D eigenvalue weighted by Gasteiger charge is 2.45. The summed E-state index contributed by atoms with van der Waals surface area (Å²) < 4.78 is 0. The number of benzene rings is 9. The maximum absolute atomic E-state index is 5.03. The average molecular weight is 726 g/mol. The Labute approximate surface area is 331 Å². The number of nitrogens with zero attached hydrogens (tertiary/aromatic N) is 3. The Morgan fingerprint density at radius 1 is 0.281 bits per heavy atom. The molecule has 3 heteroatoms. The molecule has 3 nitrogen and oxygen atoms in total. The topological polar surface area (TPSA) is 38.7 Å². The fraction of sp³-hybridized carbons (Fsp3) is 0.0185. The molecule has 0 saturated heterocycles. The van der Waals surface area contributed by atoms with Crippen molar-refractivity contribution in [3.63, 3.8) is 0 Å². The lowest BCUT2D eigenvalue weighted by molar-refractivity contribution is 0.768. The second-order valence-corrected chi connectivity index (χ2v) is 14.7. The summed E-state index contributed by atoms with van der Waals surface area (Å²) in [6, 6.07) is 76.0. The van der Waals surface area contributed by atoms with Crippen molar-refractivity contribution in [1.82, 2.24) is 15.0 Å². The van der Waals surface area contributed by atoms with Gasteiger partial charge in [0.25, 0.3) is 0 Å². The van der Waals surface area contributed by atoms with Gasteiger partial charge in [-0.1, -0.05) is 206 Å². The van der Waals surface area contributed by atoms with Crippen LogP contribution in [-0.2, 0) is 5.41 Å². The summed E-state index contributed by atoms with van der Waals surface area (Å²) in [5.41, 5.74) is 12.2. The van der Waals surface area contributed by atoms with E-state index in [1.54, 1.807) is 0 Å². The largest absolute Gasteiger partial charge is 0.208 e. The predicted octanol–water partition coefficient (Wildman–Crippen LogP) is 13.2. The van der Waals surface area contributed by atoms with Crippen molar-refractivity contribution in [3.8, 4) is 56.4 Å². The van der Waals surface area contributed by atoms with Crippen LogP contribution in [0.4, 0.5) is 0 Å². The van der Waals surface area contributed by atoms with Gasteiger partial charge in [-0.15, -0.1) is 0 Å². The first-order valence-corrected chi connectivity index (χ1v) is 19.4. The zero-order valence-electron chi connectivity index (χ0n) is 31.0. The summed E-state index contributed by atoms with van der Waals surface area (Å²) in [6.45, 7) is 0. The van der Waals surface area contributed by atoms with E-state index in [0.29, 0.717) is 17.5 Å². The van der Waals surface area contributed by atoms with Crippen LogP contribution in [0.3, 0.4) is 0 Å². The van der Waals surface area contributed by atoms with Crippen molar-refractivity contribution >= 4 is 21.5 Å². The lowest BCUT2D eigenvalue weighted by Gasteiger charge is -2.34. The van der Waals surface area contributed by atoms with Crippen LogP contribution in [0.5, 0.6) is 0 Å². The van der Waals surface area contributed by atoms with E-state index in [-0.39, 0.29) is 0 Å². The molecule has 0 atom stereocenters. The minimum atomic E-state index is -0.542. The molecule has 0 unspecified atom stereocenters. The van der Waals surface area contributed by atoms with Gasteiger partial charge < -0.3 is 0 Å². The quantitative estimate of drug-likeness (QED) is 0.160. The maximum atomic E-state index is 5.03. The Bertz CT molecular complexity index is 3000. The summed E-state index contributed by atoms with van der Waals surface area (Å²) in [5, 5.41) is 5.06. The van der Waals surface area contributed by atoms with E-state index in [1.807, 2.05) is 60.7 Å². The van der Waals surface area contributed by atoms with E-state index in [9.17, 15) is 0 Å². The molecule has 0 radical (unpaired) electrons. The number of hydrogen-bond acceptors (Lipinski definition) is 3. The van der Waals surface area contributed by atoms with Gasteiger partial charge >= 0.3 is 0 Å². The monoisotopic (exact) mass is 725 g/mol. The van der Waals surface area contributed by atoms with Gasteiger partial charge in [0.05, 0.1) is 5.41 Å². The van der Waals surface area contributed by atoms with Crippen molar-refractivity contribution in [2.75, 3.05) is 0 Å². The Hall–Kier alpha value is -7.49. The highest BCUT2D eigenvalue weighted by Crippen LogP contribution is 2.56. The molecule has 57 heavy (non-hydrogen) atoms. The summed E-state index contributed by atoms with van der Waals surface area (Å²) in [6.07, 6.45) is 0. The van der Waals surface area contributed by atoms with E-state index >= 15 is 0 Å². The Morgan fingerprint density at radius 2 is 0.684 bits per heavy atom. The fourth-order valence-corrected chi connectivity index (χ4v) is 9.02. The smallest absolute Gasteiger partial charge is 0.164 e. The van der Waals surface area contributed by atoms with Crippen LogP contribution in [0.25, 0.3) is 78.0 Å². The SMILES string of the molecule is c1ccc(-c2nc(-c3ccccc3)nc(-c3ccc(C4(c5ccc(-c6cc7ccccc7c7ccccc67)cc5)c5ccccc5-c5ccccc54)cc3)n2)cc1. The van der Waals surface area contributed by atoms with Crippen LogP contribution in [0.1, 0.15) is 22.3 Å². The number of rotatable bonds is 6. The van der Waals surface area contributed by atoms with Crippen LogP contribution < -0.4 is 0 Å². The van der Waals surface area contributed by atoms with Crippen LogP contribution in [0.2, 0.25) is 0 Å². The van der Waals surface area contributed by atoms with Gasteiger partial charge in [-0.25, -0.2) is 15.0 Å². The van der Waals surface area contributed by atoms with E-state index in [0.717, 1.165) is 16.7 Å². The van der Waals surface area contributed by atoms with Gasteiger partial charge in [0.15, 0.2) is 17.5 Å². The molecular formula is C54H35N3. The van der Waals surface area contributed by atoms with Crippen LogP contribution >= 0.6 is 0 Å². The molecule has 0 amide bonds. The van der Waals surface area contributed by atoms with Gasteiger partial charge in [-0.05, 0) is 72.1 Å². The Kier molecular flexibility index (Phi) is 7.71. The van der Waals surface area contributed by atoms with Crippen molar-refractivity contribution in [3.05, 3.63) is 235 Å². The molecule has 1 heterocycles. The molecule has 0 N–H and O–H groups in total. The maximum Gasteiger partial charge on any atom is 0.164 e. The molecule has 1 aliphatic rings. The first-order valence-electron chi connectivity index (χ1n) is 19.4. The zero-order chi connectivity index (χ0) is 37.8. The third-order valence-electron chi connectivity index (χ3n) is 11.6. The molecule has 0 bridgehead atoms. The molecule has 266 valence electrons. The predicted molar refractivity (Wildman–Crippen MR) is 234 cm³/mol. The molecular weight excluding hydrogens is 691 g/mol. The van der Waals surface area contributed by atoms with Crippen LogP contribution in [0.15, 0.2) is 212 Å². The molecule has 0 fully saturated rings. The molecule has 0 spiro atoms. The molecule has 11 rings (SSSR count). The van der Waals surface area contributed by atoms with Gasteiger partial charge in [0, 0.05) is 16.7 Å². The Balaban J connectivity index is 1.08. The molecule has 10 aromatic rings.